The summed E-state index contributed by atoms with van der Waals surface area (Å²) < 4.78 is 2.87. The lowest BCUT2D eigenvalue weighted by Gasteiger charge is -2.11. The van der Waals surface area contributed by atoms with E-state index in [9.17, 15) is 0 Å². The quantitative estimate of drug-likeness (QED) is 0.821. The number of rotatable bonds is 5. The summed E-state index contributed by atoms with van der Waals surface area (Å²) in [6.07, 6.45) is 4.84. The van der Waals surface area contributed by atoms with Gasteiger partial charge >= 0.3 is 0 Å². The Morgan fingerprint density at radius 2 is 2.16 bits per heavy atom. The number of hydrogen-bond acceptors (Lipinski definition) is 4. The van der Waals surface area contributed by atoms with E-state index in [-0.39, 0.29) is 5.92 Å². The molecule has 102 valence electrons. The monoisotopic (exact) mass is 371 g/mol. The van der Waals surface area contributed by atoms with Crippen LogP contribution in [-0.4, -0.2) is 26.3 Å². The van der Waals surface area contributed by atoms with Crippen LogP contribution in [0.25, 0.3) is 5.82 Å². The summed E-state index contributed by atoms with van der Waals surface area (Å²) in [5, 5.41) is 7.61. The minimum atomic E-state index is 0.289. The molecule has 2 aromatic heterocycles. The van der Waals surface area contributed by atoms with Gasteiger partial charge in [0, 0.05) is 24.7 Å². The predicted molar refractivity (Wildman–Crippen MR) is 84.7 cm³/mol. The molecule has 5 nitrogen and oxygen atoms in total. The van der Waals surface area contributed by atoms with Crippen molar-refractivity contribution in [1.82, 2.24) is 19.7 Å². The van der Waals surface area contributed by atoms with E-state index in [0.717, 1.165) is 34.0 Å². The standard InChI is InChI=1S/C13H18IN5/c1-4-5-15-11-6-12(18-13(17-11)9(2)3)19-8-10(14)7-16-19/h6-9H,4-5H2,1-3H3,(H,15,17,18). The van der Waals surface area contributed by atoms with E-state index in [1.165, 1.54) is 0 Å². The van der Waals surface area contributed by atoms with Crippen LogP contribution < -0.4 is 5.32 Å². The van der Waals surface area contributed by atoms with Gasteiger partial charge in [-0.1, -0.05) is 20.8 Å². The molecule has 0 aliphatic rings. The average molecular weight is 371 g/mol. The van der Waals surface area contributed by atoms with E-state index in [4.69, 9.17) is 0 Å². The first kappa shape index (κ1) is 14.2. The molecule has 0 bridgehead atoms. The van der Waals surface area contributed by atoms with E-state index in [0.29, 0.717) is 0 Å². The summed E-state index contributed by atoms with van der Waals surface area (Å²) >= 11 is 2.24. The number of anilines is 1. The van der Waals surface area contributed by atoms with Gasteiger partial charge in [0.1, 0.15) is 11.6 Å². The lowest BCUT2D eigenvalue weighted by molar-refractivity contribution is 0.745. The van der Waals surface area contributed by atoms with Gasteiger partial charge in [-0.2, -0.15) is 5.10 Å². The van der Waals surface area contributed by atoms with Crippen LogP contribution in [0.15, 0.2) is 18.5 Å². The maximum atomic E-state index is 4.57. The fourth-order valence-corrected chi connectivity index (χ4v) is 1.99. The van der Waals surface area contributed by atoms with E-state index < -0.39 is 0 Å². The van der Waals surface area contributed by atoms with Crippen LogP contribution >= 0.6 is 22.6 Å². The molecule has 0 saturated carbocycles. The molecule has 19 heavy (non-hydrogen) atoms. The fourth-order valence-electron chi connectivity index (χ4n) is 1.60. The third-order valence-corrected chi connectivity index (χ3v) is 3.15. The minimum Gasteiger partial charge on any atom is -0.370 e. The third-order valence-electron chi connectivity index (χ3n) is 2.59. The van der Waals surface area contributed by atoms with Crippen molar-refractivity contribution in [3.8, 4) is 5.82 Å². The molecule has 0 saturated heterocycles. The molecule has 2 rings (SSSR count). The molecule has 0 spiro atoms. The van der Waals surface area contributed by atoms with Gasteiger partial charge in [-0.05, 0) is 29.0 Å². The zero-order chi connectivity index (χ0) is 13.8. The molecule has 0 fully saturated rings. The second-order valence-electron chi connectivity index (χ2n) is 4.65. The van der Waals surface area contributed by atoms with E-state index in [2.05, 4.69) is 63.7 Å². The smallest absolute Gasteiger partial charge is 0.159 e. The number of aromatic nitrogens is 4. The molecule has 0 amide bonds. The highest BCUT2D eigenvalue weighted by atomic mass is 127. The van der Waals surface area contributed by atoms with Crippen molar-refractivity contribution < 1.29 is 0 Å². The van der Waals surface area contributed by atoms with Crippen molar-refractivity contribution in [3.05, 3.63) is 27.9 Å². The highest BCUT2D eigenvalue weighted by Gasteiger charge is 2.10. The molecule has 0 aliphatic heterocycles. The summed E-state index contributed by atoms with van der Waals surface area (Å²) in [5.74, 6) is 2.79. The summed E-state index contributed by atoms with van der Waals surface area (Å²) in [6, 6.07) is 1.94. The van der Waals surface area contributed by atoms with Crippen LogP contribution in [-0.2, 0) is 0 Å². The Labute approximate surface area is 127 Å². The van der Waals surface area contributed by atoms with Crippen molar-refractivity contribution in [2.75, 3.05) is 11.9 Å². The zero-order valence-electron chi connectivity index (χ0n) is 11.4. The Morgan fingerprint density at radius 3 is 2.74 bits per heavy atom. The molecule has 2 heterocycles. The number of hydrogen-bond donors (Lipinski definition) is 1. The average Bonchev–Trinajstić information content (AvgIpc) is 2.82. The zero-order valence-corrected chi connectivity index (χ0v) is 13.5. The lowest BCUT2D eigenvalue weighted by Crippen LogP contribution is -2.09. The highest BCUT2D eigenvalue weighted by Crippen LogP contribution is 2.17. The van der Waals surface area contributed by atoms with Gasteiger partial charge in [0.2, 0.25) is 0 Å². The van der Waals surface area contributed by atoms with Gasteiger partial charge in [0.05, 0.1) is 9.77 Å². The van der Waals surface area contributed by atoms with Crippen molar-refractivity contribution in [2.24, 2.45) is 0 Å². The number of nitrogens with one attached hydrogen (secondary N) is 1. The molecule has 0 aromatic carbocycles. The SMILES string of the molecule is CCCNc1cc(-n2cc(I)cn2)nc(C(C)C)n1. The highest BCUT2D eigenvalue weighted by molar-refractivity contribution is 14.1. The molecule has 1 N–H and O–H groups in total. The van der Waals surface area contributed by atoms with Crippen LogP contribution in [0.1, 0.15) is 38.9 Å². The van der Waals surface area contributed by atoms with Gasteiger partial charge in [-0.3, -0.25) is 0 Å². The first-order valence-electron chi connectivity index (χ1n) is 6.43. The largest absolute Gasteiger partial charge is 0.370 e. The Bertz CT molecular complexity index is 550. The van der Waals surface area contributed by atoms with Crippen LogP contribution in [0, 0.1) is 3.57 Å². The summed E-state index contributed by atoms with van der Waals surface area (Å²) in [4.78, 5) is 9.11. The van der Waals surface area contributed by atoms with E-state index in [1.807, 2.05) is 18.5 Å². The molecule has 2 aromatic rings. The number of nitrogens with zero attached hydrogens (tertiary/aromatic N) is 4. The minimum absolute atomic E-state index is 0.289. The van der Waals surface area contributed by atoms with Crippen LogP contribution in [0.3, 0.4) is 0 Å². The molecular formula is C13H18IN5. The lowest BCUT2D eigenvalue weighted by atomic mass is 10.2. The first-order valence-corrected chi connectivity index (χ1v) is 7.51. The van der Waals surface area contributed by atoms with Crippen LogP contribution in [0.5, 0.6) is 0 Å². The Balaban J connectivity index is 2.39. The van der Waals surface area contributed by atoms with Crippen molar-refractivity contribution in [2.45, 2.75) is 33.1 Å². The maximum Gasteiger partial charge on any atom is 0.159 e. The van der Waals surface area contributed by atoms with Crippen molar-refractivity contribution in [3.63, 3.8) is 0 Å². The predicted octanol–water partition coefficient (Wildman–Crippen LogP) is 3.21. The van der Waals surface area contributed by atoms with Crippen LogP contribution in [0.2, 0.25) is 0 Å². The second kappa shape index (κ2) is 6.31. The molecule has 6 heteroatoms. The van der Waals surface area contributed by atoms with E-state index >= 15 is 0 Å². The van der Waals surface area contributed by atoms with Crippen molar-refractivity contribution >= 4 is 28.4 Å². The Hall–Kier alpha value is -1.18. The van der Waals surface area contributed by atoms with E-state index in [1.54, 1.807) is 4.68 Å². The fraction of sp³-hybridized carbons (Fsp3) is 0.462. The molecule has 0 aliphatic carbocycles. The normalized spacial score (nSPS) is 11.0. The van der Waals surface area contributed by atoms with Gasteiger partial charge < -0.3 is 5.32 Å². The van der Waals surface area contributed by atoms with Crippen molar-refractivity contribution in [1.29, 1.82) is 0 Å². The second-order valence-corrected chi connectivity index (χ2v) is 5.90. The molecular weight excluding hydrogens is 353 g/mol. The van der Waals surface area contributed by atoms with Gasteiger partial charge in [0.25, 0.3) is 0 Å². The van der Waals surface area contributed by atoms with Crippen LogP contribution in [0.4, 0.5) is 5.82 Å². The Morgan fingerprint density at radius 1 is 1.37 bits per heavy atom. The first-order chi connectivity index (χ1) is 9.10. The Kier molecular flexibility index (Phi) is 4.73. The molecule has 0 unspecified atom stereocenters. The molecule has 0 radical (unpaired) electrons. The summed E-state index contributed by atoms with van der Waals surface area (Å²) in [6.45, 7) is 7.23. The van der Waals surface area contributed by atoms with Gasteiger partial charge in [-0.15, -0.1) is 0 Å². The summed E-state index contributed by atoms with van der Waals surface area (Å²) in [7, 11) is 0. The van der Waals surface area contributed by atoms with Gasteiger partial charge in [0.15, 0.2) is 5.82 Å². The maximum absolute atomic E-state index is 4.57. The molecule has 0 atom stereocenters. The van der Waals surface area contributed by atoms with Gasteiger partial charge in [-0.25, -0.2) is 14.6 Å². The topological polar surface area (TPSA) is 55.6 Å². The summed E-state index contributed by atoms with van der Waals surface area (Å²) in [5.41, 5.74) is 0. The third kappa shape index (κ3) is 3.65. The number of halogens is 1.